The molecule has 5 nitrogen and oxygen atoms in total. The van der Waals surface area contributed by atoms with Crippen molar-refractivity contribution in [2.45, 2.75) is 6.61 Å². The van der Waals surface area contributed by atoms with Crippen molar-refractivity contribution < 1.29 is 9.47 Å². The van der Waals surface area contributed by atoms with Crippen LogP contribution < -0.4 is 24.2 Å². The van der Waals surface area contributed by atoms with E-state index in [-0.39, 0.29) is 5.56 Å². The highest BCUT2D eigenvalue weighted by atomic mass is 32.1. The van der Waals surface area contributed by atoms with Crippen molar-refractivity contribution in [3.05, 3.63) is 79.2 Å². The lowest BCUT2D eigenvalue weighted by molar-refractivity contribution is 0.284. The second-order valence-corrected chi connectivity index (χ2v) is 6.83. The maximum atomic E-state index is 12.3. The zero-order valence-electron chi connectivity index (χ0n) is 15.0. The molecule has 1 aromatic heterocycles. The maximum Gasteiger partial charge on any atom is 0.268 e. The van der Waals surface area contributed by atoms with Crippen LogP contribution in [0.25, 0.3) is 12.2 Å². The van der Waals surface area contributed by atoms with Gasteiger partial charge in [0.2, 0.25) is 0 Å². The average molecular weight is 378 g/mol. The number of methoxy groups -OCH3 is 1. The molecule has 2 aromatic carbocycles. The van der Waals surface area contributed by atoms with E-state index in [4.69, 9.17) is 14.7 Å². The first-order chi connectivity index (χ1) is 13.1. The third-order valence-corrected chi connectivity index (χ3v) is 5.08. The Bertz CT molecular complexity index is 1150. The van der Waals surface area contributed by atoms with Crippen LogP contribution in [0.1, 0.15) is 11.1 Å². The van der Waals surface area contributed by atoms with Crippen LogP contribution in [0.5, 0.6) is 11.5 Å². The van der Waals surface area contributed by atoms with Gasteiger partial charge in [0.15, 0.2) is 11.5 Å². The van der Waals surface area contributed by atoms with Crippen LogP contribution in [0, 0.1) is 11.3 Å². The van der Waals surface area contributed by atoms with Gasteiger partial charge in [-0.3, -0.25) is 4.79 Å². The minimum absolute atomic E-state index is 0.135. The summed E-state index contributed by atoms with van der Waals surface area (Å²) >= 11 is 1.28. The van der Waals surface area contributed by atoms with Gasteiger partial charge >= 0.3 is 0 Å². The lowest BCUT2D eigenvalue weighted by Crippen LogP contribution is -2.28. The van der Waals surface area contributed by atoms with Gasteiger partial charge in [0.25, 0.3) is 5.56 Å². The third kappa shape index (κ3) is 4.27. The van der Waals surface area contributed by atoms with Gasteiger partial charge in [-0.15, -0.1) is 11.3 Å². The Morgan fingerprint density at radius 3 is 2.67 bits per heavy atom. The van der Waals surface area contributed by atoms with Crippen LogP contribution in [-0.2, 0) is 13.7 Å². The molecule has 1 heterocycles. The largest absolute Gasteiger partial charge is 0.493 e. The molecule has 0 aliphatic rings. The summed E-state index contributed by atoms with van der Waals surface area (Å²) in [7, 11) is 3.24. The van der Waals surface area contributed by atoms with Gasteiger partial charge in [0.05, 0.1) is 17.7 Å². The zero-order valence-corrected chi connectivity index (χ0v) is 15.8. The normalized spacial score (nSPS) is 12.0. The molecule has 3 aromatic rings. The number of hydrogen-bond donors (Lipinski definition) is 0. The second-order valence-electron chi connectivity index (χ2n) is 5.77. The molecule has 0 unspecified atom stereocenters. The number of nitrogens with zero attached hydrogens (tertiary/aromatic N) is 2. The highest BCUT2D eigenvalue weighted by Crippen LogP contribution is 2.29. The summed E-state index contributed by atoms with van der Waals surface area (Å²) in [5.41, 5.74) is 1.74. The SMILES string of the molecule is COc1ccc(/C=c2\s/c(=C\C#N)n(C)c2=O)cc1OCc1ccccc1. The fourth-order valence-electron chi connectivity index (χ4n) is 2.55. The number of nitriles is 1. The Morgan fingerprint density at radius 2 is 1.96 bits per heavy atom. The molecule has 0 N–H and O–H groups in total. The van der Waals surface area contributed by atoms with Crippen molar-refractivity contribution >= 4 is 23.5 Å². The lowest BCUT2D eigenvalue weighted by Gasteiger charge is -2.11. The van der Waals surface area contributed by atoms with Gasteiger partial charge < -0.3 is 14.0 Å². The molecule has 6 heteroatoms. The molecule has 3 rings (SSSR count). The molecule has 136 valence electrons. The second kappa shape index (κ2) is 8.39. The molecule has 0 amide bonds. The van der Waals surface area contributed by atoms with Crippen molar-refractivity contribution in [1.82, 2.24) is 4.57 Å². The Kier molecular flexibility index (Phi) is 5.74. The first kappa shape index (κ1) is 18.5. The molecule has 0 aliphatic carbocycles. The quantitative estimate of drug-likeness (QED) is 0.683. The monoisotopic (exact) mass is 378 g/mol. The van der Waals surface area contributed by atoms with E-state index in [0.29, 0.717) is 27.3 Å². The van der Waals surface area contributed by atoms with E-state index in [9.17, 15) is 4.79 Å². The summed E-state index contributed by atoms with van der Waals surface area (Å²) in [6.45, 7) is 0.419. The van der Waals surface area contributed by atoms with Crippen molar-refractivity contribution in [3.8, 4) is 17.6 Å². The molecule has 0 radical (unpaired) electrons. The predicted molar refractivity (Wildman–Crippen MR) is 106 cm³/mol. The van der Waals surface area contributed by atoms with Crippen LogP contribution in [0.3, 0.4) is 0 Å². The van der Waals surface area contributed by atoms with Crippen molar-refractivity contribution in [3.63, 3.8) is 0 Å². The predicted octanol–water partition coefficient (Wildman–Crippen LogP) is 2.17. The lowest BCUT2D eigenvalue weighted by atomic mass is 10.2. The summed E-state index contributed by atoms with van der Waals surface area (Å²) in [5.74, 6) is 1.23. The van der Waals surface area contributed by atoms with E-state index in [1.807, 2.05) is 54.6 Å². The Balaban J connectivity index is 1.96. The summed E-state index contributed by atoms with van der Waals surface area (Å²) in [4.78, 5) is 12.3. The Labute approximate surface area is 160 Å². The number of rotatable bonds is 5. The summed E-state index contributed by atoms with van der Waals surface area (Å²) < 4.78 is 13.9. The summed E-state index contributed by atoms with van der Waals surface area (Å²) in [6, 6.07) is 17.3. The molecule has 0 spiro atoms. The summed E-state index contributed by atoms with van der Waals surface area (Å²) in [6.07, 6.45) is 3.16. The van der Waals surface area contributed by atoms with E-state index in [0.717, 1.165) is 11.1 Å². The molecule has 0 saturated carbocycles. The molecule has 0 saturated heterocycles. The van der Waals surface area contributed by atoms with Crippen molar-refractivity contribution in [2.75, 3.05) is 7.11 Å². The fraction of sp³-hybridized carbons (Fsp3) is 0.143. The minimum atomic E-state index is -0.135. The fourth-order valence-corrected chi connectivity index (χ4v) is 3.52. The highest BCUT2D eigenvalue weighted by molar-refractivity contribution is 7.07. The van der Waals surface area contributed by atoms with Gasteiger partial charge in [0, 0.05) is 13.1 Å². The number of thiazole rings is 1. The van der Waals surface area contributed by atoms with Crippen LogP contribution in [0.2, 0.25) is 0 Å². The van der Waals surface area contributed by atoms with E-state index in [1.54, 1.807) is 20.2 Å². The molecular formula is C21H18N2O3S. The molecule has 27 heavy (non-hydrogen) atoms. The average Bonchev–Trinajstić information content (AvgIpc) is 2.95. The highest BCUT2D eigenvalue weighted by Gasteiger charge is 2.07. The van der Waals surface area contributed by atoms with Crippen LogP contribution in [0.15, 0.2) is 53.3 Å². The number of aromatic nitrogens is 1. The van der Waals surface area contributed by atoms with Crippen LogP contribution >= 0.6 is 11.3 Å². The van der Waals surface area contributed by atoms with E-state index < -0.39 is 0 Å². The maximum absolute atomic E-state index is 12.3. The van der Waals surface area contributed by atoms with E-state index >= 15 is 0 Å². The molecular weight excluding hydrogens is 360 g/mol. The molecule has 0 aliphatic heterocycles. The topological polar surface area (TPSA) is 64.2 Å². The number of ether oxygens (including phenoxy) is 2. The minimum Gasteiger partial charge on any atom is -0.493 e. The first-order valence-electron chi connectivity index (χ1n) is 8.24. The number of benzene rings is 2. The Hall–Kier alpha value is -3.30. The smallest absolute Gasteiger partial charge is 0.268 e. The van der Waals surface area contributed by atoms with E-state index in [1.165, 1.54) is 22.0 Å². The van der Waals surface area contributed by atoms with Crippen molar-refractivity contribution in [2.24, 2.45) is 7.05 Å². The molecule has 0 atom stereocenters. The van der Waals surface area contributed by atoms with E-state index in [2.05, 4.69) is 0 Å². The summed E-state index contributed by atoms with van der Waals surface area (Å²) in [5, 5.41) is 8.83. The number of hydrogen-bond acceptors (Lipinski definition) is 5. The molecule has 0 fully saturated rings. The van der Waals surface area contributed by atoms with Crippen molar-refractivity contribution in [1.29, 1.82) is 5.26 Å². The standard InChI is InChI=1S/C21H18N2O3S/c1-23-20(10-11-22)27-19(21(23)24)13-16-8-9-17(25-2)18(12-16)26-14-15-6-4-3-5-7-15/h3-10,12-13H,14H2,1-2H3/b19-13-,20-10-. The van der Waals surface area contributed by atoms with Gasteiger partial charge in [-0.2, -0.15) is 5.26 Å². The van der Waals surface area contributed by atoms with Crippen LogP contribution in [0.4, 0.5) is 0 Å². The first-order valence-corrected chi connectivity index (χ1v) is 9.06. The van der Waals surface area contributed by atoms with Crippen LogP contribution in [-0.4, -0.2) is 11.7 Å². The van der Waals surface area contributed by atoms with Gasteiger partial charge in [-0.25, -0.2) is 0 Å². The van der Waals surface area contributed by atoms with Gasteiger partial charge in [-0.1, -0.05) is 36.4 Å². The van der Waals surface area contributed by atoms with Gasteiger partial charge in [-0.05, 0) is 29.3 Å². The zero-order chi connectivity index (χ0) is 19.2. The Morgan fingerprint density at radius 1 is 1.19 bits per heavy atom. The van der Waals surface area contributed by atoms with Gasteiger partial charge in [0.1, 0.15) is 11.3 Å². The molecule has 0 bridgehead atoms. The third-order valence-electron chi connectivity index (χ3n) is 3.97.